The van der Waals surface area contributed by atoms with Crippen LogP contribution in [-0.4, -0.2) is 107 Å². The lowest BCUT2D eigenvalue weighted by atomic mass is 9.76. The summed E-state index contributed by atoms with van der Waals surface area (Å²) >= 11 is 0. The first-order valence-corrected chi connectivity index (χ1v) is 17.1. The molecule has 0 bridgehead atoms. The molecule has 0 radical (unpaired) electrons. The molecule has 0 rings (SSSR count). The van der Waals surface area contributed by atoms with Crippen molar-refractivity contribution in [2.45, 2.75) is 111 Å². The van der Waals surface area contributed by atoms with Crippen LogP contribution < -0.4 is 10.7 Å². The van der Waals surface area contributed by atoms with Crippen molar-refractivity contribution in [1.82, 2.24) is 15.8 Å². The average molecular weight is 646 g/mol. The van der Waals surface area contributed by atoms with Gasteiger partial charge in [-0.2, -0.15) is 0 Å². The van der Waals surface area contributed by atoms with Gasteiger partial charge in [0.25, 0.3) is 0 Å². The second-order valence-corrected chi connectivity index (χ2v) is 11.4. The summed E-state index contributed by atoms with van der Waals surface area (Å²) in [7, 11) is 0. The second-order valence-electron chi connectivity index (χ2n) is 11.4. The van der Waals surface area contributed by atoms with E-state index in [2.05, 4.69) is 24.6 Å². The van der Waals surface area contributed by atoms with Gasteiger partial charge in [-0.3, -0.25) is 19.8 Å². The molecule has 0 unspecified atom stereocenters. The molecule has 12 heteroatoms. The number of hydrazine groups is 1. The Morgan fingerprint density at radius 3 is 2.00 bits per heavy atom. The van der Waals surface area contributed by atoms with Gasteiger partial charge in [0.2, 0.25) is 11.8 Å². The molecule has 0 aliphatic heterocycles. The molecule has 2 amide bonds. The summed E-state index contributed by atoms with van der Waals surface area (Å²) in [4.78, 5) is 46.2. The van der Waals surface area contributed by atoms with E-state index in [0.29, 0.717) is 71.9 Å². The molecule has 0 aliphatic carbocycles. The Hall–Kier alpha value is -2.12. The number of hydrogen-bond acceptors (Lipinski definition) is 9. The molecule has 0 saturated carbocycles. The van der Waals surface area contributed by atoms with Gasteiger partial charge in [-0.25, -0.2) is 5.01 Å². The Morgan fingerprint density at radius 1 is 0.711 bits per heavy atom. The van der Waals surface area contributed by atoms with Crippen LogP contribution in [0.1, 0.15) is 111 Å². The van der Waals surface area contributed by atoms with Crippen molar-refractivity contribution in [3.63, 3.8) is 0 Å². The van der Waals surface area contributed by atoms with Crippen LogP contribution in [0.3, 0.4) is 0 Å². The van der Waals surface area contributed by atoms with Gasteiger partial charge in [0.1, 0.15) is 19.5 Å². The lowest BCUT2D eigenvalue weighted by molar-refractivity contribution is -0.150. The molecule has 1 atom stereocenters. The molecule has 0 aromatic rings. The smallest absolute Gasteiger partial charge is 0.309 e. The first-order valence-electron chi connectivity index (χ1n) is 17.1. The van der Waals surface area contributed by atoms with Crippen molar-refractivity contribution in [1.29, 1.82) is 0 Å². The molecule has 0 saturated heterocycles. The predicted octanol–water partition coefficient (Wildman–Crippen LogP) is 4.29. The molecule has 0 aliphatic rings. The van der Waals surface area contributed by atoms with E-state index in [0.717, 1.165) is 83.6 Å². The zero-order valence-corrected chi connectivity index (χ0v) is 28.4. The lowest BCUT2D eigenvalue weighted by Gasteiger charge is -2.27. The van der Waals surface area contributed by atoms with Crippen molar-refractivity contribution in [3.05, 3.63) is 0 Å². The number of carbonyl (C=O) groups excluding carboxylic acids is 3. The van der Waals surface area contributed by atoms with E-state index in [4.69, 9.17) is 18.9 Å². The number of aliphatic carboxylic acids is 1. The zero-order valence-electron chi connectivity index (χ0n) is 28.4. The average Bonchev–Trinajstić information content (AvgIpc) is 3.02. The maximum atomic E-state index is 12.5. The SMILES string of the molecule is CCCCN(CCOCCOCC(=O)NCCOCCOCC=O)NC(=O)CCCCCCCCC[C@](CC)(CCC)C(=O)O. The van der Waals surface area contributed by atoms with Crippen LogP contribution in [0, 0.1) is 5.41 Å². The Labute approximate surface area is 271 Å². The van der Waals surface area contributed by atoms with E-state index in [9.17, 15) is 24.3 Å². The minimum Gasteiger partial charge on any atom is -0.481 e. The van der Waals surface area contributed by atoms with Crippen LogP contribution in [0.5, 0.6) is 0 Å². The molecule has 45 heavy (non-hydrogen) atoms. The van der Waals surface area contributed by atoms with Crippen LogP contribution in [0.2, 0.25) is 0 Å². The Bertz CT molecular complexity index is 757. The highest BCUT2D eigenvalue weighted by Gasteiger charge is 2.34. The number of aldehydes is 1. The van der Waals surface area contributed by atoms with E-state index < -0.39 is 11.4 Å². The Kier molecular flexibility index (Phi) is 29.1. The second kappa shape index (κ2) is 30.5. The number of nitrogens with one attached hydrogen (secondary N) is 2. The molecule has 0 heterocycles. The molecular formula is C33H63N3O9. The van der Waals surface area contributed by atoms with Crippen LogP contribution >= 0.6 is 0 Å². The summed E-state index contributed by atoms with van der Waals surface area (Å²) < 4.78 is 21.2. The summed E-state index contributed by atoms with van der Waals surface area (Å²) in [5, 5.41) is 14.3. The van der Waals surface area contributed by atoms with Crippen molar-refractivity contribution in [2.24, 2.45) is 5.41 Å². The predicted molar refractivity (Wildman–Crippen MR) is 174 cm³/mol. The molecule has 0 spiro atoms. The summed E-state index contributed by atoms with van der Waals surface area (Å²) in [5.74, 6) is -0.856. The molecule has 0 aromatic heterocycles. The zero-order chi connectivity index (χ0) is 33.4. The minimum atomic E-state index is -0.648. The van der Waals surface area contributed by atoms with Crippen molar-refractivity contribution >= 4 is 24.1 Å². The normalized spacial score (nSPS) is 12.6. The molecule has 0 fully saturated rings. The Morgan fingerprint density at radius 2 is 1.36 bits per heavy atom. The van der Waals surface area contributed by atoms with E-state index in [1.807, 2.05) is 11.9 Å². The van der Waals surface area contributed by atoms with Crippen LogP contribution in [0.25, 0.3) is 0 Å². The van der Waals surface area contributed by atoms with Gasteiger partial charge in [-0.1, -0.05) is 72.1 Å². The summed E-state index contributed by atoms with van der Waals surface area (Å²) in [6.07, 6.45) is 13.5. The van der Waals surface area contributed by atoms with E-state index >= 15 is 0 Å². The molecule has 0 aromatic carbocycles. The molecule has 264 valence electrons. The number of carbonyl (C=O) groups is 4. The fraction of sp³-hybridized carbons (Fsp3) is 0.879. The number of amides is 2. The van der Waals surface area contributed by atoms with Gasteiger partial charge in [-0.05, 0) is 32.1 Å². The highest BCUT2D eigenvalue weighted by atomic mass is 16.5. The summed E-state index contributed by atoms with van der Waals surface area (Å²) in [6.45, 7) is 9.97. The van der Waals surface area contributed by atoms with Gasteiger partial charge in [0, 0.05) is 26.1 Å². The van der Waals surface area contributed by atoms with E-state index in [1.54, 1.807) is 0 Å². The minimum absolute atomic E-state index is 0.0255. The number of hydrogen-bond donors (Lipinski definition) is 3. The standard InChI is InChI=1S/C33H63N3O9/c1-4-7-19-36(20-23-43-27-28-45-29-31(39)34-18-22-42-25-26-44-24-21-37)35-30(38)15-13-11-9-8-10-12-14-17-33(6-3,16-5-2)32(40)41/h21H,4-20,22-29H2,1-3H3,(H,34,39)(H,35,38)(H,40,41)/t33-/m0/s1. The van der Waals surface area contributed by atoms with Crippen LogP contribution in [0.4, 0.5) is 0 Å². The van der Waals surface area contributed by atoms with Gasteiger partial charge in [0.05, 0.1) is 45.1 Å². The lowest BCUT2D eigenvalue weighted by Crippen LogP contribution is -2.44. The Balaban J connectivity index is 3.89. The third-order valence-corrected chi connectivity index (χ3v) is 7.72. The number of carboxylic acids is 1. The first kappa shape index (κ1) is 42.9. The monoisotopic (exact) mass is 645 g/mol. The van der Waals surface area contributed by atoms with Crippen molar-refractivity contribution in [3.8, 4) is 0 Å². The largest absolute Gasteiger partial charge is 0.481 e. The number of rotatable bonds is 34. The van der Waals surface area contributed by atoms with Crippen molar-refractivity contribution in [2.75, 3.05) is 72.5 Å². The van der Waals surface area contributed by atoms with Crippen LogP contribution in [-0.2, 0) is 38.1 Å². The highest BCUT2D eigenvalue weighted by molar-refractivity contribution is 5.77. The fourth-order valence-corrected chi connectivity index (χ4v) is 4.98. The first-order chi connectivity index (χ1) is 21.8. The summed E-state index contributed by atoms with van der Waals surface area (Å²) in [5.41, 5.74) is 2.46. The van der Waals surface area contributed by atoms with Gasteiger partial charge in [-0.15, -0.1) is 0 Å². The van der Waals surface area contributed by atoms with Gasteiger partial charge >= 0.3 is 5.97 Å². The number of nitrogens with zero attached hydrogens (tertiary/aromatic N) is 1. The number of carboxylic acid groups (broad SMARTS) is 1. The van der Waals surface area contributed by atoms with E-state index in [1.165, 1.54) is 0 Å². The van der Waals surface area contributed by atoms with Gasteiger partial charge < -0.3 is 34.2 Å². The topological polar surface area (TPSA) is 153 Å². The fourth-order valence-electron chi connectivity index (χ4n) is 4.98. The number of unbranched alkanes of at least 4 members (excludes halogenated alkanes) is 7. The number of ether oxygens (including phenoxy) is 4. The molecular weight excluding hydrogens is 582 g/mol. The quantitative estimate of drug-likeness (QED) is 0.0525. The molecule has 3 N–H and O–H groups in total. The van der Waals surface area contributed by atoms with Gasteiger partial charge in [0.15, 0.2) is 0 Å². The third kappa shape index (κ3) is 24.7. The molecule has 12 nitrogen and oxygen atoms in total. The van der Waals surface area contributed by atoms with E-state index in [-0.39, 0.29) is 25.0 Å². The van der Waals surface area contributed by atoms with Crippen molar-refractivity contribution < 1.29 is 43.2 Å². The summed E-state index contributed by atoms with van der Waals surface area (Å²) in [6, 6.07) is 0. The maximum absolute atomic E-state index is 12.5. The third-order valence-electron chi connectivity index (χ3n) is 7.72. The highest BCUT2D eigenvalue weighted by Crippen LogP contribution is 2.34. The van der Waals surface area contributed by atoms with Crippen LogP contribution in [0.15, 0.2) is 0 Å². The maximum Gasteiger partial charge on any atom is 0.309 e.